The Morgan fingerprint density at radius 1 is 1.24 bits per heavy atom. The summed E-state index contributed by atoms with van der Waals surface area (Å²) in [6.07, 6.45) is 0. The van der Waals surface area contributed by atoms with Gasteiger partial charge in [0.15, 0.2) is 0 Å². The van der Waals surface area contributed by atoms with E-state index in [9.17, 15) is 14.9 Å². The standard InChI is InChI=1S/C14H10Br2N2O3/c1-8-5-6-10(15)11(7-8)17-14(19)9-3-2-4-12(13(9)16)18(20)21/h2-7H,1H3,(H,17,19). The molecular weight excluding hydrogens is 404 g/mol. The molecule has 2 aromatic rings. The lowest BCUT2D eigenvalue weighted by atomic mass is 10.1. The molecule has 0 atom stereocenters. The molecule has 0 unspecified atom stereocenters. The van der Waals surface area contributed by atoms with Gasteiger partial charge in [-0.3, -0.25) is 14.9 Å². The molecule has 0 spiro atoms. The summed E-state index contributed by atoms with van der Waals surface area (Å²) in [7, 11) is 0. The Hall–Kier alpha value is -1.73. The third kappa shape index (κ3) is 3.48. The van der Waals surface area contributed by atoms with Crippen LogP contribution in [0.1, 0.15) is 15.9 Å². The molecular formula is C14H10Br2N2O3. The first-order valence-corrected chi connectivity index (χ1v) is 7.49. The molecule has 0 saturated heterocycles. The minimum atomic E-state index is -0.538. The van der Waals surface area contributed by atoms with Gasteiger partial charge >= 0.3 is 0 Å². The summed E-state index contributed by atoms with van der Waals surface area (Å²) in [5, 5.41) is 13.6. The van der Waals surface area contributed by atoms with Gasteiger partial charge in [-0.2, -0.15) is 0 Å². The Morgan fingerprint density at radius 3 is 2.62 bits per heavy atom. The van der Waals surface area contributed by atoms with E-state index in [0.29, 0.717) is 5.69 Å². The second kappa shape index (κ2) is 6.36. The number of nitrogens with one attached hydrogen (secondary N) is 1. The number of aryl methyl sites for hydroxylation is 1. The zero-order chi connectivity index (χ0) is 15.6. The van der Waals surface area contributed by atoms with Crippen LogP contribution in [0.5, 0.6) is 0 Å². The second-order valence-electron chi connectivity index (χ2n) is 4.33. The van der Waals surface area contributed by atoms with Gasteiger partial charge in [0, 0.05) is 10.5 Å². The van der Waals surface area contributed by atoms with E-state index in [0.717, 1.165) is 10.0 Å². The van der Waals surface area contributed by atoms with Gasteiger partial charge < -0.3 is 5.32 Å². The first kappa shape index (κ1) is 15.7. The maximum Gasteiger partial charge on any atom is 0.284 e. The number of rotatable bonds is 3. The molecule has 21 heavy (non-hydrogen) atoms. The summed E-state index contributed by atoms with van der Waals surface area (Å²) in [6.45, 7) is 1.91. The van der Waals surface area contributed by atoms with Crippen LogP contribution in [0.15, 0.2) is 45.3 Å². The smallest absolute Gasteiger partial charge is 0.284 e. The summed E-state index contributed by atoms with van der Waals surface area (Å²) >= 11 is 6.47. The van der Waals surface area contributed by atoms with Crippen molar-refractivity contribution in [2.75, 3.05) is 5.32 Å². The largest absolute Gasteiger partial charge is 0.321 e. The number of anilines is 1. The quantitative estimate of drug-likeness (QED) is 0.586. The minimum absolute atomic E-state index is 0.147. The van der Waals surface area contributed by atoms with Crippen molar-refractivity contribution in [1.29, 1.82) is 0 Å². The van der Waals surface area contributed by atoms with Crippen molar-refractivity contribution < 1.29 is 9.72 Å². The second-order valence-corrected chi connectivity index (χ2v) is 5.98. The van der Waals surface area contributed by atoms with Crippen LogP contribution in [0.3, 0.4) is 0 Å². The normalized spacial score (nSPS) is 10.2. The molecule has 1 amide bonds. The SMILES string of the molecule is Cc1ccc(Br)c(NC(=O)c2cccc([N+](=O)[O-])c2Br)c1. The monoisotopic (exact) mass is 412 g/mol. The maximum absolute atomic E-state index is 12.3. The molecule has 1 N–H and O–H groups in total. The molecule has 2 aromatic carbocycles. The summed E-state index contributed by atoms with van der Waals surface area (Å²) in [5.74, 6) is -0.420. The molecule has 0 radical (unpaired) electrons. The first-order chi connectivity index (χ1) is 9.90. The Morgan fingerprint density at radius 2 is 1.95 bits per heavy atom. The van der Waals surface area contributed by atoms with Crippen LogP contribution in [0, 0.1) is 17.0 Å². The summed E-state index contributed by atoms with van der Waals surface area (Å²) in [6, 6.07) is 9.88. The summed E-state index contributed by atoms with van der Waals surface area (Å²) in [4.78, 5) is 22.6. The van der Waals surface area contributed by atoms with Crippen LogP contribution in [0.4, 0.5) is 11.4 Å². The van der Waals surface area contributed by atoms with Gasteiger partial charge in [-0.05, 0) is 62.5 Å². The number of benzene rings is 2. The molecule has 0 aromatic heterocycles. The number of hydrogen-bond acceptors (Lipinski definition) is 3. The highest BCUT2D eigenvalue weighted by Gasteiger charge is 2.19. The van der Waals surface area contributed by atoms with Crippen molar-refractivity contribution in [2.45, 2.75) is 6.92 Å². The Bertz CT molecular complexity index is 732. The van der Waals surface area contributed by atoms with Gasteiger partial charge in [0.25, 0.3) is 11.6 Å². The average Bonchev–Trinajstić information content (AvgIpc) is 2.42. The van der Waals surface area contributed by atoms with E-state index in [1.54, 1.807) is 0 Å². The zero-order valence-electron chi connectivity index (χ0n) is 10.9. The lowest BCUT2D eigenvalue weighted by Gasteiger charge is -2.09. The topological polar surface area (TPSA) is 72.2 Å². The van der Waals surface area contributed by atoms with Crippen molar-refractivity contribution in [3.8, 4) is 0 Å². The van der Waals surface area contributed by atoms with E-state index < -0.39 is 10.8 Å². The molecule has 0 fully saturated rings. The number of amides is 1. The molecule has 0 bridgehead atoms. The van der Waals surface area contributed by atoms with Gasteiger partial charge in [0.1, 0.15) is 4.47 Å². The molecule has 108 valence electrons. The Kier molecular flexibility index (Phi) is 4.74. The molecule has 0 aliphatic heterocycles. The number of halogens is 2. The minimum Gasteiger partial charge on any atom is -0.321 e. The van der Waals surface area contributed by atoms with E-state index in [1.807, 2.05) is 25.1 Å². The fraction of sp³-hybridized carbons (Fsp3) is 0.0714. The van der Waals surface area contributed by atoms with Gasteiger partial charge in [-0.25, -0.2) is 0 Å². The molecule has 0 aliphatic rings. The molecule has 7 heteroatoms. The molecule has 0 saturated carbocycles. The third-order valence-electron chi connectivity index (χ3n) is 2.79. The predicted octanol–water partition coefficient (Wildman–Crippen LogP) is 4.68. The Balaban J connectivity index is 2.35. The van der Waals surface area contributed by atoms with Crippen molar-refractivity contribution >= 4 is 49.1 Å². The van der Waals surface area contributed by atoms with Crippen LogP contribution in [0.25, 0.3) is 0 Å². The molecule has 0 aliphatic carbocycles. The van der Waals surface area contributed by atoms with Crippen LogP contribution >= 0.6 is 31.9 Å². The maximum atomic E-state index is 12.3. The summed E-state index contributed by atoms with van der Waals surface area (Å²) < 4.78 is 0.902. The highest BCUT2D eigenvalue weighted by atomic mass is 79.9. The Labute approximate surface area is 137 Å². The number of nitrogens with zero attached hydrogens (tertiary/aromatic N) is 1. The van der Waals surface area contributed by atoms with Crippen molar-refractivity contribution in [3.63, 3.8) is 0 Å². The van der Waals surface area contributed by atoms with Crippen molar-refractivity contribution in [2.24, 2.45) is 0 Å². The lowest BCUT2D eigenvalue weighted by Crippen LogP contribution is -2.13. The van der Waals surface area contributed by atoms with E-state index in [4.69, 9.17) is 0 Å². The summed E-state index contributed by atoms with van der Waals surface area (Å²) in [5.41, 5.74) is 1.66. The number of nitro benzene ring substituents is 1. The molecule has 0 heterocycles. The van der Waals surface area contributed by atoms with E-state index in [1.165, 1.54) is 18.2 Å². The van der Waals surface area contributed by atoms with E-state index >= 15 is 0 Å². The van der Waals surface area contributed by atoms with Crippen LogP contribution in [0.2, 0.25) is 0 Å². The zero-order valence-corrected chi connectivity index (χ0v) is 14.1. The first-order valence-electron chi connectivity index (χ1n) is 5.90. The molecule has 2 rings (SSSR count). The van der Waals surface area contributed by atoms with Crippen LogP contribution in [-0.2, 0) is 0 Å². The van der Waals surface area contributed by atoms with Gasteiger partial charge in [-0.1, -0.05) is 12.1 Å². The van der Waals surface area contributed by atoms with Crippen molar-refractivity contribution in [1.82, 2.24) is 0 Å². The molecule has 5 nitrogen and oxygen atoms in total. The van der Waals surface area contributed by atoms with Gasteiger partial charge in [0.2, 0.25) is 0 Å². The highest BCUT2D eigenvalue weighted by molar-refractivity contribution is 9.11. The average molecular weight is 414 g/mol. The number of hydrogen-bond donors (Lipinski definition) is 1. The fourth-order valence-electron chi connectivity index (χ4n) is 1.76. The van der Waals surface area contributed by atoms with Gasteiger partial charge in [-0.15, -0.1) is 0 Å². The lowest BCUT2D eigenvalue weighted by molar-refractivity contribution is -0.385. The predicted molar refractivity (Wildman–Crippen MR) is 87.6 cm³/mol. The third-order valence-corrected chi connectivity index (χ3v) is 4.31. The number of carbonyl (C=O) groups excluding carboxylic acids is 1. The van der Waals surface area contributed by atoms with E-state index in [-0.39, 0.29) is 15.7 Å². The van der Waals surface area contributed by atoms with Gasteiger partial charge in [0.05, 0.1) is 16.2 Å². The van der Waals surface area contributed by atoms with Crippen LogP contribution in [-0.4, -0.2) is 10.8 Å². The number of nitro groups is 1. The fourth-order valence-corrected chi connectivity index (χ4v) is 2.70. The van der Waals surface area contributed by atoms with E-state index in [2.05, 4.69) is 37.2 Å². The van der Waals surface area contributed by atoms with Crippen molar-refractivity contribution in [3.05, 3.63) is 66.6 Å². The number of carbonyl (C=O) groups is 1. The van der Waals surface area contributed by atoms with Crippen LogP contribution < -0.4 is 5.32 Å². The highest BCUT2D eigenvalue weighted by Crippen LogP contribution is 2.30.